The molecule has 4 nitrogen and oxygen atoms in total. The molecule has 1 aliphatic carbocycles. The van der Waals surface area contributed by atoms with Crippen LogP contribution in [0.3, 0.4) is 0 Å². The van der Waals surface area contributed by atoms with Gasteiger partial charge in [0.25, 0.3) is 0 Å². The molecule has 0 unspecified atom stereocenters. The second-order valence-electron chi connectivity index (χ2n) is 4.45. The van der Waals surface area contributed by atoms with Crippen LogP contribution in [0.15, 0.2) is 12.3 Å². The third-order valence-corrected chi connectivity index (χ3v) is 3.22. The summed E-state index contributed by atoms with van der Waals surface area (Å²) in [4.78, 5) is 0. The molecular weight excluding hydrogens is 190 g/mol. The number of aliphatic hydroxyl groups is 1. The number of aromatic nitrogens is 2. The maximum Gasteiger partial charge on any atom is 0.0771 e. The van der Waals surface area contributed by atoms with Gasteiger partial charge in [0.2, 0.25) is 0 Å². The number of nitrogens with one attached hydrogen (secondary N) is 1. The zero-order chi connectivity index (χ0) is 10.7. The zero-order valence-corrected chi connectivity index (χ0v) is 9.24. The maximum absolute atomic E-state index is 9.84. The van der Waals surface area contributed by atoms with Gasteiger partial charge in [0.1, 0.15) is 0 Å². The Labute approximate surface area is 90.3 Å². The third kappa shape index (κ3) is 2.58. The molecule has 0 aromatic carbocycles. The summed E-state index contributed by atoms with van der Waals surface area (Å²) in [5.41, 5.74) is 0.815. The van der Waals surface area contributed by atoms with Gasteiger partial charge in [0.05, 0.1) is 5.60 Å². The molecule has 4 heteroatoms. The van der Waals surface area contributed by atoms with E-state index in [4.69, 9.17) is 0 Å². The molecule has 1 aromatic heterocycles. The minimum Gasteiger partial charge on any atom is -0.389 e. The Morgan fingerprint density at radius 2 is 2.40 bits per heavy atom. The van der Waals surface area contributed by atoms with Gasteiger partial charge >= 0.3 is 0 Å². The number of hydrogen-bond acceptors (Lipinski definition) is 3. The summed E-state index contributed by atoms with van der Waals surface area (Å²) < 4.78 is 1.89. The van der Waals surface area contributed by atoms with Gasteiger partial charge < -0.3 is 10.4 Å². The molecule has 2 rings (SSSR count). The summed E-state index contributed by atoms with van der Waals surface area (Å²) >= 11 is 0. The lowest BCUT2D eigenvalue weighted by Crippen LogP contribution is -2.46. The molecule has 0 aliphatic heterocycles. The first-order valence-corrected chi connectivity index (χ1v) is 5.60. The minimum absolute atomic E-state index is 0.410. The molecule has 0 bridgehead atoms. The van der Waals surface area contributed by atoms with Crippen molar-refractivity contribution in [2.75, 3.05) is 13.1 Å². The van der Waals surface area contributed by atoms with E-state index in [1.807, 2.05) is 24.0 Å². The van der Waals surface area contributed by atoms with Gasteiger partial charge in [-0.05, 0) is 25.3 Å². The van der Waals surface area contributed by atoms with E-state index in [9.17, 15) is 5.11 Å². The Morgan fingerprint density at radius 3 is 2.93 bits per heavy atom. The molecule has 1 heterocycles. The van der Waals surface area contributed by atoms with Crippen molar-refractivity contribution < 1.29 is 5.11 Å². The summed E-state index contributed by atoms with van der Waals surface area (Å²) in [5.74, 6) is 0. The first-order valence-electron chi connectivity index (χ1n) is 5.60. The lowest BCUT2D eigenvalue weighted by atomic mass is 9.80. The minimum atomic E-state index is -0.410. The summed E-state index contributed by atoms with van der Waals surface area (Å²) in [6, 6.07) is 2.03. The Kier molecular flexibility index (Phi) is 3.07. The summed E-state index contributed by atoms with van der Waals surface area (Å²) in [7, 11) is 1.95. The highest BCUT2D eigenvalue weighted by molar-refractivity contribution is 5.00. The SMILES string of the molecule is Cn1nccc1CCNCC1(O)CCC1. The average molecular weight is 209 g/mol. The van der Waals surface area contributed by atoms with Crippen LogP contribution >= 0.6 is 0 Å². The van der Waals surface area contributed by atoms with Crippen LogP contribution in [0.4, 0.5) is 0 Å². The van der Waals surface area contributed by atoms with Crippen molar-refractivity contribution in [1.29, 1.82) is 0 Å². The number of hydrogen-bond donors (Lipinski definition) is 2. The fraction of sp³-hybridized carbons (Fsp3) is 0.727. The molecule has 1 saturated carbocycles. The molecular formula is C11H19N3O. The van der Waals surface area contributed by atoms with Crippen molar-refractivity contribution in [1.82, 2.24) is 15.1 Å². The van der Waals surface area contributed by atoms with Gasteiger partial charge in [-0.3, -0.25) is 4.68 Å². The zero-order valence-electron chi connectivity index (χ0n) is 9.24. The fourth-order valence-electron chi connectivity index (χ4n) is 1.95. The van der Waals surface area contributed by atoms with E-state index >= 15 is 0 Å². The summed E-state index contributed by atoms with van der Waals surface area (Å²) in [5, 5.41) is 17.3. The third-order valence-electron chi connectivity index (χ3n) is 3.22. The van der Waals surface area contributed by atoms with Crippen LogP contribution in [-0.2, 0) is 13.5 Å². The van der Waals surface area contributed by atoms with Gasteiger partial charge in [0.15, 0.2) is 0 Å². The van der Waals surface area contributed by atoms with Crippen LogP contribution in [0, 0.1) is 0 Å². The van der Waals surface area contributed by atoms with E-state index in [2.05, 4.69) is 10.4 Å². The molecule has 1 aromatic rings. The van der Waals surface area contributed by atoms with Crippen molar-refractivity contribution in [3.05, 3.63) is 18.0 Å². The molecule has 15 heavy (non-hydrogen) atoms. The first-order chi connectivity index (χ1) is 7.20. The monoisotopic (exact) mass is 209 g/mol. The largest absolute Gasteiger partial charge is 0.389 e. The molecule has 0 radical (unpaired) electrons. The van der Waals surface area contributed by atoms with Gasteiger partial charge in [-0.1, -0.05) is 0 Å². The van der Waals surface area contributed by atoms with Gasteiger partial charge in [-0.2, -0.15) is 5.10 Å². The smallest absolute Gasteiger partial charge is 0.0771 e. The lowest BCUT2D eigenvalue weighted by Gasteiger charge is -2.36. The van der Waals surface area contributed by atoms with Crippen LogP contribution < -0.4 is 5.32 Å². The molecule has 0 saturated heterocycles. The lowest BCUT2D eigenvalue weighted by molar-refractivity contribution is -0.0310. The van der Waals surface area contributed by atoms with E-state index in [1.165, 1.54) is 12.1 Å². The predicted molar refractivity (Wildman–Crippen MR) is 58.6 cm³/mol. The van der Waals surface area contributed by atoms with E-state index in [0.29, 0.717) is 0 Å². The van der Waals surface area contributed by atoms with Crippen LogP contribution in [0.25, 0.3) is 0 Å². The van der Waals surface area contributed by atoms with Crippen molar-refractivity contribution in [3.8, 4) is 0 Å². The van der Waals surface area contributed by atoms with Gasteiger partial charge in [-0.15, -0.1) is 0 Å². The van der Waals surface area contributed by atoms with Crippen molar-refractivity contribution in [2.24, 2.45) is 7.05 Å². The molecule has 1 fully saturated rings. The van der Waals surface area contributed by atoms with Crippen LogP contribution in [0.5, 0.6) is 0 Å². The van der Waals surface area contributed by atoms with Gasteiger partial charge in [0, 0.05) is 38.4 Å². The standard InChI is InChI=1S/C11H19N3O/c1-14-10(4-8-13-14)3-7-12-9-11(15)5-2-6-11/h4,8,12,15H,2-3,5-7,9H2,1H3. The van der Waals surface area contributed by atoms with E-state index in [0.717, 1.165) is 32.4 Å². The molecule has 0 amide bonds. The quantitative estimate of drug-likeness (QED) is 0.693. The highest BCUT2D eigenvalue weighted by Gasteiger charge is 2.33. The molecule has 0 spiro atoms. The normalized spacial score (nSPS) is 18.8. The van der Waals surface area contributed by atoms with E-state index in [-0.39, 0.29) is 0 Å². The second-order valence-corrected chi connectivity index (χ2v) is 4.45. The van der Waals surface area contributed by atoms with E-state index in [1.54, 1.807) is 0 Å². The Morgan fingerprint density at radius 1 is 1.60 bits per heavy atom. The molecule has 0 atom stereocenters. The Hall–Kier alpha value is -0.870. The summed E-state index contributed by atoms with van der Waals surface area (Å²) in [6.07, 6.45) is 5.85. The average Bonchev–Trinajstić information content (AvgIpc) is 2.56. The summed E-state index contributed by atoms with van der Waals surface area (Å²) in [6.45, 7) is 1.63. The van der Waals surface area contributed by atoms with E-state index < -0.39 is 5.60 Å². The number of aryl methyl sites for hydroxylation is 1. The maximum atomic E-state index is 9.84. The highest BCUT2D eigenvalue weighted by Crippen LogP contribution is 2.30. The Bertz CT molecular complexity index is 317. The topological polar surface area (TPSA) is 50.1 Å². The van der Waals surface area contributed by atoms with Crippen molar-refractivity contribution >= 4 is 0 Å². The first kappa shape index (κ1) is 10.6. The molecule has 84 valence electrons. The number of nitrogens with zero attached hydrogens (tertiary/aromatic N) is 2. The fourth-order valence-corrected chi connectivity index (χ4v) is 1.95. The number of rotatable bonds is 5. The van der Waals surface area contributed by atoms with Crippen LogP contribution in [0.1, 0.15) is 25.0 Å². The van der Waals surface area contributed by atoms with Crippen molar-refractivity contribution in [3.63, 3.8) is 0 Å². The Balaban J connectivity index is 1.65. The van der Waals surface area contributed by atoms with Gasteiger partial charge in [-0.25, -0.2) is 0 Å². The predicted octanol–water partition coefficient (Wildman–Crippen LogP) is 0.467. The van der Waals surface area contributed by atoms with Crippen LogP contribution in [-0.4, -0.2) is 33.6 Å². The van der Waals surface area contributed by atoms with Crippen LogP contribution in [0.2, 0.25) is 0 Å². The molecule has 1 aliphatic rings. The molecule has 2 N–H and O–H groups in total. The second kappa shape index (κ2) is 4.33. The van der Waals surface area contributed by atoms with Crippen molar-refractivity contribution in [2.45, 2.75) is 31.3 Å². The highest BCUT2D eigenvalue weighted by atomic mass is 16.3.